The molecular formula is C9H19N3O. The van der Waals surface area contributed by atoms with Crippen LogP contribution in [-0.2, 0) is 4.79 Å². The molecule has 76 valence electrons. The van der Waals surface area contributed by atoms with Crippen LogP contribution in [0.2, 0.25) is 0 Å². The second kappa shape index (κ2) is 3.64. The number of primary amides is 1. The van der Waals surface area contributed by atoms with Crippen LogP contribution in [0.15, 0.2) is 0 Å². The van der Waals surface area contributed by atoms with Gasteiger partial charge in [-0.05, 0) is 20.9 Å². The van der Waals surface area contributed by atoms with Crippen molar-refractivity contribution < 1.29 is 4.79 Å². The molecule has 0 saturated carbocycles. The Kier molecular flexibility index (Phi) is 2.93. The SMILES string of the molecule is CN1CCN(CC(N)=O)C(C)(C)C1. The van der Waals surface area contributed by atoms with Gasteiger partial charge in [-0.15, -0.1) is 0 Å². The van der Waals surface area contributed by atoms with E-state index in [1.807, 2.05) is 0 Å². The lowest BCUT2D eigenvalue weighted by molar-refractivity contribution is -0.121. The molecule has 1 fully saturated rings. The van der Waals surface area contributed by atoms with Crippen molar-refractivity contribution in [3.05, 3.63) is 0 Å². The zero-order chi connectivity index (χ0) is 10.1. The van der Waals surface area contributed by atoms with Crippen LogP contribution < -0.4 is 5.73 Å². The van der Waals surface area contributed by atoms with Crippen molar-refractivity contribution in [3.63, 3.8) is 0 Å². The summed E-state index contributed by atoms with van der Waals surface area (Å²) in [6, 6.07) is 0. The van der Waals surface area contributed by atoms with Gasteiger partial charge in [-0.3, -0.25) is 9.69 Å². The highest BCUT2D eigenvalue weighted by atomic mass is 16.1. The Morgan fingerprint density at radius 2 is 2.08 bits per heavy atom. The zero-order valence-electron chi connectivity index (χ0n) is 8.71. The summed E-state index contributed by atoms with van der Waals surface area (Å²) in [5.74, 6) is -0.238. The molecule has 4 nitrogen and oxygen atoms in total. The molecule has 0 atom stereocenters. The first-order valence-corrected chi connectivity index (χ1v) is 4.64. The third-order valence-corrected chi connectivity index (χ3v) is 2.61. The van der Waals surface area contributed by atoms with Crippen molar-refractivity contribution in [2.45, 2.75) is 19.4 Å². The maximum absolute atomic E-state index is 10.8. The second-order valence-electron chi connectivity index (χ2n) is 4.44. The first-order chi connectivity index (χ1) is 5.92. The van der Waals surface area contributed by atoms with E-state index in [0.29, 0.717) is 6.54 Å². The Hall–Kier alpha value is -0.610. The summed E-state index contributed by atoms with van der Waals surface area (Å²) in [4.78, 5) is 15.2. The smallest absolute Gasteiger partial charge is 0.231 e. The predicted octanol–water partition coefficient (Wildman–Crippen LogP) is -0.502. The fourth-order valence-corrected chi connectivity index (χ4v) is 1.91. The molecular weight excluding hydrogens is 166 g/mol. The van der Waals surface area contributed by atoms with Gasteiger partial charge in [0.25, 0.3) is 0 Å². The summed E-state index contributed by atoms with van der Waals surface area (Å²) in [5, 5.41) is 0. The highest BCUT2D eigenvalue weighted by molar-refractivity contribution is 5.76. The number of hydrogen-bond acceptors (Lipinski definition) is 3. The predicted molar refractivity (Wildman–Crippen MR) is 52.3 cm³/mol. The minimum absolute atomic E-state index is 0.0576. The van der Waals surface area contributed by atoms with Crippen LogP contribution in [0.25, 0.3) is 0 Å². The van der Waals surface area contributed by atoms with Crippen LogP contribution in [0.5, 0.6) is 0 Å². The lowest BCUT2D eigenvalue weighted by atomic mass is 9.99. The fraction of sp³-hybridized carbons (Fsp3) is 0.889. The lowest BCUT2D eigenvalue weighted by Crippen LogP contribution is -2.59. The number of likely N-dealkylation sites (N-methyl/N-ethyl adjacent to an activating group) is 1. The fourth-order valence-electron chi connectivity index (χ4n) is 1.91. The third-order valence-electron chi connectivity index (χ3n) is 2.61. The first-order valence-electron chi connectivity index (χ1n) is 4.64. The van der Waals surface area contributed by atoms with E-state index in [9.17, 15) is 4.79 Å². The van der Waals surface area contributed by atoms with Gasteiger partial charge in [0, 0.05) is 25.2 Å². The molecule has 0 aromatic heterocycles. The topological polar surface area (TPSA) is 49.6 Å². The molecule has 13 heavy (non-hydrogen) atoms. The zero-order valence-corrected chi connectivity index (χ0v) is 8.71. The van der Waals surface area contributed by atoms with Gasteiger partial charge in [-0.1, -0.05) is 0 Å². The van der Waals surface area contributed by atoms with Crippen molar-refractivity contribution in [1.29, 1.82) is 0 Å². The molecule has 1 rings (SSSR count). The minimum Gasteiger partial charge on any atom is -0.369 e. The van der Waals surface area contributed by atoms with Gasteiger partial charge in [0.05, 0.1) is 6.54 Å². The van der Waals surface area contributed by atoms with Crippen molar-refractivity contribution in [1.82, 2.24) is 9.80 Å². The van der Waals surface area contributed by atoms with Crippen molar-refractivity contribution in [3.8, 4) is 0 Å². The molecule has 1 saturated heterocycles. The van der Waals surface area contributed by atoms with Gasteiger partial charge in [0.1, 0.15) is 0 Å². The molecule has 1 aliphatic rings. The van der Waals surface area contributed by atoms with E-state index in [1.54, 1.807) is 0 Å². The summed E-state index contributed by atoms with van der Waals surface area (Å²) in [5.41, 5.74) is 5.24. The summed E-state index contributed by atoms with van der Waals surface area (Å²) in [6.07, 6.45) is 0. The van der Waals surface area contributed by atoms with Crippen molar-refractivity contribution >= 4 is 5.91 Å². The Morgan fingerprint density at radius 3 is 2.54 bits per heavy atom. The van der Waals surface area contributed by atoms with E-state index < -0.39 is 0 Å². The number of rotatable bonds is 2. The first kappa shape index (κ1) is 10.5. The normalized spacial score (nSPS) is 24.5. The van der Waals surface area contributed by atoms with E-state index in [4.69, 9.17) is 5.73 Å². The summed E-state index contributed by atoms with van der Waals surface area (Å²) < 4.78 is 0. The highest BCUT2D eigenvalue weighted by Gasteiger charge is 2.32. The van der Waals surface area contributed by atoms with Gasteiger partial charge < -0.3 is 10.6 Å². The molecule has 0 aromatic carbocycles. The summed E-state index contributed by atoms with van der Waals surface area (Å²) in [7, 11) is 2.10. The van der Waals surface area contributed by atoms with Crippen molar-refractivity contribution in [2.75, 3.05) is 33.2 Å². The summed E-state index contributed by atoms with van der Waals surface area (Å²) >= 11 is 0. The number of amides is 1. The molecule has 0 aliphatic carbocycles. The molecule has 0 aromatic rings. The standard InChI is InChI=1S/C9H19N3O/c1-9(2)7-11(3)4-5-12(9)6-8(10)13/h4-7H2,1-3H3,(H2,10,13). The lowest BCUT2D eigenvalue weighted by Gasteiger charge is -2.45. The van der Waals surface area contributed by atoms with Gasteiger partial charge in [-0.25, -0.2) is 0 Å². The van der Waals surface area contributed by atoms with Gasteiger partial charge in [0.15, 0.2) is 0 Å². The van der Waals surface area contributed by atoms with Crippen LogP contribution >= 0.6 is 0 Å². The maximum Gasteiger partial charge on any atom is 0.231 e. The number of piperazine rings is 1. The van der Waals surface area contributed by atoms with E-state index in [2.05, 4.69) is 30.7 Å². The van der Waals surface area contributed by atoms with E-state index >= 15 is 0 Å². The van der Waals surface area contributed by atoms with Crippen LogP contribution in [0.1, 0.15) is 13.8 Å². The van der Waals surface area contributed by atoms with Gasteiger partial charge in [0.2, 0.25) is 5.91 Å². The molecule has 1 aliphatic heterocycles. The number of nitrogens with zero attached hydrogens (tertiary/aromatic N) is 2. The average Bonchev–Trinajstić information content (AvgIpc) is 1.93. The Balaban J connectivity index is 2.59. The molecule has 0 spiro atoms. The number of carbonyl (C=O) groups is 1. The largest absolute Gasteiger partial charge is 0.369 e. The molecule has 0 radical (unpaired) electrons. The Morgan fingerprint density at radius 1 is 1.46 bits per heavy atom. The monoisotopic (exact) mass is 185 g/mol. The Bertz CT molecular complexity index is 203. The average molecular weight is 185 g/mol. The van der Waals surface area contributed by atoms with Gasteiger partial charge >= 0.3 is 0 Å². The molecule has 1 heterocycles. The van der Waals surface area contributed by atoms with Crippen LogP contribution in [0, 0.1) is 0 Å². The number of hydrogen-bond donors (Lipinski definition) is 1. The minimum atomic E-state index is -0.238. The summed E-state index contributed by atoms with van der Waals surface area (Å²) in [6.45, 7) is 7.58. The van der Waals surface area contributed by atoms with Crippen molar-refractivity contribution in [2.24, 2.45) is 5.73 Å². The molecule has 0 unspecified atom stereocenters. The quantitative estimate of drug-likeness (QED) is 0.631. The molecule has 2 N–H and O–H groups in total. The highest BCUT2D eigenvalue weighted by Crippen LogP contribution is 2.18. The van der Waals surface area contributed by atoms with E-state index in [0.717, 1.165) is 19.6 Å². The molecule has 1 amide bonds. The third kappa shape index (κ3) is 2.67. The van der Waals surface area contributed by atoms with E-state index in [-0.39, 0.29) is 11.4 Å². The van der Waals surface area contributed by atoms with Crippen LogP contribution in [0.3, 0.4) is 0 Å². The van der Waals surface area contributed by atoms with E-state index in [1.165, 1.54) is 0 Å². The number of nitrogens with two attached hydrogens (primary N) is 1. The maximum atomic E-state index is 10.8. The van der Waals surface area contributed by atoms with Gasteiger partial charge in [-0.2, -0.15) is 0 Å². The molecule has 0 bridgehead atoms. The number of carbonyl (C=O) groups excluding carboxylic acids is 1. The van der Waals surface area contributed by atoms with Crippen LogP contribution in [0.4, 0.5) is 0 Å². The Labute approximate surface area is 79.7 Å². The molecule has 4 heteroatoms. The second-order valence-corrected chi connectivity index (χ2v) is 4.44. The van der Waals surface area contributed by atoms with Crippen LogP contribution in [-0.4, -0.2) is 54.5 Å².